The fourth-order valence-electron chi connectivity index (χ4n) is 1.55. The third-order valence-corrected chi connectivity index (χ3v) is 2.62. The number of amides is 1. The zero-order valence-electron chi connectivity index (χ0n) is 10.6. The first-order chi connectivity index (χ1) is 8.82. The summed E-state index contributed by atoms with van der Waals surface area (Å²) in [6.07, 6.45) is -2.67. The van der Waals surface area contributed by atoms with Crippen LogP contribution in [0.4, 0.5) is 8.78 Å². The van der Waals surface area contributed by atoms with E-state index in [0.717, 1.165) is 6.07 Å². The van der Waals surface area contributed by atoms with Crippen molar-refractivity contribution in [3.63, 3.8) is 0 Å². The molecule has 2 N–H and O–H groups in total. The molecule has 0 fully saturated rings. The summed E-state index contributed by atoms with van der Waals surface area (Å²) in [5.41, 5.74) is -0.256. The van der Waals surface area contributed by atoms with E-state index in [0.29, 0.717) is 0 Å². The fourth-order valence-corrected chi connectivity index (χ4v) is 1.55. The Morgan fingerprint density at radius 1 is 1.26 bits per heavy atom. The van der Waals surface area contributed by atoms with Gasteiger partial charge in [-0.05, 0) is 18.1 Å². The van der Waals surface area contributed by atoms with Gasteiger partial charge in [0.2, 0.25) is 0 Å². The molecule has 0 aromatic heterocycles. The van der Waals surface area contributed by atoms with Crippen molar-refractivity contribution < 1.29 is 23.5 Å². The van der Waals surface area contributed by atoms with Crippen molar-refractivity contribution in [2.75, 3.05) is 0 Å². The molecule has 0 heterocycles. The van der Waals surface area contributed by atoms with Crippen LogP contribution < -0.4 is 5.32 Å². The number of alkyl halides is 2. The Labute approximate surface area is 109 Å². The Morgan fingerprint density at radius 3 is 2.37 bits per heavy atom. The zero-order chi connectivity index (χ0) is 14.6. The van der Waals surface area contributed by atoms with E-state index in [1.165, 1.54) is 18.2 Å². The van der Waals surface area contributed by atoms with Crippen molar-refractivity contribution in [1.29, 1.82) is 0 Å². The summed E-state index contributed by atoms with van der Waals surface area (Å²) in [4.78, 5) is 22.8. The predicted molar refractivity (Wildman–Crippen MR) is 65.1 cm³/mol. The van der Waals surface area contributed by atoms with Gasteiger partial charge in [0.05, 0.1) is 0 Å². The van der Waals surface area contributed by atoms with Gasteiger partial charge in [-0.25, -0.2) is 13.6 Å². The lowest BCUT2D eigenvalue weighted by Crippen LogP contribution is -2.44. The van der Waals surface area contributed by atoms with Crippen LogP contribution in [0.25, 0.3) is 0 Å². The second-order valence-electron chi connectivity index (χ2n) is 4.46. The molecule has 0 aliphatic carbocycles. The fraction of sp³-hybridized carbons (Fsp3) is 0.385. The Bertz CT molecular complexity index is 475. The van der Waals surface area contributed by atoms with Crippen LogP contribution in [0.1, 0.15) is 36.2 Å². The highest BCUT2D eigenvalue weighted by molar-refractivity contribution is 5.96. The van der Waals surface area contributed by atoms with Crippen molar-refractivity contribution in [1.82, 2.24) is 5.32 Å². The molecule has 104 valence electrons. The van der Waals surface area contributed by atoms with E-state index in [1.54, 1.807) is 13.8 Å². The van der Waals surface area contributed by atoms with Crippen LogP contribution >= 0.6 is 0 Å². The first-order valence-corrected chi connectivity index (χ1v) is 5.74. The second-order valence-corrected chi connectivity index (χ2v) is 4.46. The first kappa shape index (κ1) is 15.1. The highest BCUT2D eigenvalue weighted by Gasteiger charge is 2.24. The van der Waals surface area contributed by atoms with Crippen LogP contribution in [0.2, 0.25) is 0 Å². The standard InChI is InChI=1S/C13H15F2NO3/c1-7(2)10(13(18)19)16-12(17)9-5-3-4-8(6-9)11(14)15/h3-7,10-11H,1-2H3,(H,16,17)(H,18,19)/t10-/m1/s1. The Kier molecular flexibility index (Phi) is 4.97. The SMILES string of the molecule is CC(C)[C@@H](NC(=O)c1cccc(C(F)F)c1)C(=O)O. The lowest BCUT2D eigenvalue weighted by atomic mass is 10.0. The minimum atomic E-state index is -2.67. The average molecular weight is 271 g/mol. The number of halogens is 2. The molecule has 1 amide bonds. The number of carboxylic acid groups (broad SMARTS) is 1. The second kappa shape index (κ2) is 6.26. The molecule has 4 nitrogen and oxygen atoms in total. The van der Waals surface area contributed by atoms with Gasteiger partial charge in [0.25, 0.3) is 12.3 Å². The van der Waals surface area contributed by atoms with Crippen LogP contribution in [-0.2, 0) is 4.79 Å². The summed E-state index contributed by atoms with van der Waals surface area (Å²) < 4.78 is 25.0. The van der Waals surface area contributed by atoms with Gasteiger partial charge in [0, 0.05) is 11.1 Å². The van der Waals surface area contributed by atoms with Crippen LogP contribution in [0.3, 0.4) is 0 Å². The van der Waals surface area contributed by atoms with Crippen molar-refractivity contribution in [2.45, 2.75) is 26.3 Å². The van der Waals surface area contributed by atoms with E-state index in [4.69, 9.17) is 5.11 Å². The van der Waals surface area contributed by atoms with Crippen molar-refractivity contribution >= 4 is 11.9 Å². The molecule has 0 bridgehead atoms. The molecule has 6 heteroatoms. The molecule has 0 aliphatic rings. The molecule has 0 radical (unpaired) electrons. The largest absolute Gasteiger partial charge is 0.480 e. The quantitative estimate of drug-likeness (QED) is 0.864. The number of carboxylic acids is 1. The summed E-state index contributed by atoms with van der Waals surface area (Å²) in [6.45, 7) is 3.29. The number of carbonyl (C=O) groups excluding carboxylic acids is 1. The number of benzene rings is 1. The summed E-state index contributed by atoms with van der Waals surface area (Å²) in [7, 11) is 0. The number of hydrogen-bond donors (Lipinski definition) is 2. The lowest BCUT2D eigenvalue weighted by molar-refractivity contribution is -0.140. The van der Waals surface area contributed by atoms with Gasteiger partial charge in [-0.1, -0.05) is 26.0 Å². The summed E-state index contributed by atoms with van der Waals surface area (Å²) in [5, 5.41) is 11.3. The monoisotopic (exact) mass is 271 g/mol. The molecule has 1 atom stereocenters. The molecule has 1 rings (SSSR count). The van der Waals surface area contributed by atoms with Crippen molar-refractivity contribution in [2.24, 2.45) is 5.92 Å². The number of carbonyl (C=O) groups is 2. The number of rotatable bonds is 5. The summed E-state index contributed by atoms with van der Waals surface area (Å²) in [5.74, 6) is -2.14. The van der Waals surface area contributed by atoms with Gasteiger partial charge in [-0.2, -0.15) is 0 Å². The number of hydrogen-bond acceptors (Lipinski definition) is 2. The van der Waals surface area contributed by atoms with E-state index in [2.05, 4.69) is 5.32 Å². The Morgan fingerprint density at radius 2 is 1.89 bits per heavy atom. The zero-order valence-corrected chi connectivity index (χ0v) is 10.6. The molecule has 0 saturated carbocycles. The van der Waals surface area contributed by atoms with E-state index < -0.39 is 24.3 Å². The van der Waals surface area contributed by atoms with Crippen molar-refractivity contribution in [3.05, 3.63) is 35.4 Å². The minimum Gasteiger partial charge on any atom is -0.480 e. The average Bonchev–Trinajstić information content (AvgIpc) is 2.34. The van der Waals surface area contributed by atoms with Gasteiger partial charge in [-0.3, -0.25) is 4.79 Å². The van der Waals surface area contributed by atoms with Gasteiger partial charge in [0.15, 0.2) is 0 Å². The van der Waals surface area contributed by atoms with Crippen LogP contribution in [0, 0.1) is 5.92 Å². The van der Waals surface area contributed by atoms with Gasteiger partial charge >= 0.3 is 5.97 Å². The Balaban J connectivity index is 2.88. The van der Waals surface area contributed by atoms with Crippen LogP contribution in [0.15, 0.2) is 24.3 Å². The molecule has 0 saturated heterocycles. The molecular weight excluding hydrogens is 256 g/mol. The van der Waals surface area contributed by atoms with Gasteiger partial charge < -0.3 is 10.4 Å². The molecule has 19 heavy (non-hydrogen) atoms. The normalized spacial score (nSPS) is 12.5. The predicted octanol–water partition coefficient (Wildman–Crippen LogP) is 2.46. The molecule has 1 aromatic carbocycles. The molecule has 1 aromatic rings. The third-order valence-electron chi connectivity index (χ3n) is 2.62. The van der Waals surface area contributed by atoms with E-state index in [9.17, 15) is 18.4 Å². The third kappa shape index (κ3) is 4.01. The molecular formula is C13H15F2NO3. The first-order valence-electron chi connectivity index (χ1n) is 5.74. The smallest absolute Gasteiger partial charge is 0.326 e. The molecule has 0 unspecified atom stereocenters. The lowest BCUT2D eigenvalue weighted by Gasteiger charge is -2.18. The van der Waals surface area contributed by atoms with E-state index >= 15 is 0 Å². The topological polar surface area (TPSA) is 66.4 Å². The highest BCUT2D eigenvalue weighted by atomic mass is 19.3. The summed E-state index contributed by atoms with van der Waals surface area (Å²) >= 11 is 0. The van der Waals surface area contributed by atoms with Crippen molar-refractivity contribution in [3.8, 4) is 0 Å². The van der Waals surface area contributed by atoms with Crippen LogP contribution in [0.5, 0.6) is 0 Å². The number of nitrogens with one attached hydrogen (secondary N) is 1. The number of aliphatic carboxylic acids is 1. The van der Waals surface area contributed by atoms with Crippen LogP contribution in [-0.4, -0.2) is 23.0 Å². The maximum absolute atomic E-state index is 12.5. The van der Waals surface area contributed by atoms with E-state index in [-0.39, 0.29) is 17.0 Å². The van der Waals surface area contributed by atoms with E-state index in [1.807, 2.05) is 0 Å². The summed E-state index contributed by atoms with van der Waals surface area (Å²) in [6, 6.07) is 3.91. The molecule has 0 aliphatic heterocycles. The maximum atomic E-state index is 12.5. The van der Waals surface area contributed by atoms with Gasteiger partial charge in [0.1, 0.15) is 6.04 Å². The Hall–Kier alpha value is -1.98. The van der Waals surface area contributed by atoms with Gasteiger partial charge in [-0.15, -0.1) is 0 Å². The minimum absolute atomic E-state index is 0.0182. The highest BCUT2D eigenvalue weighted by Crippen LogP contribution is 2.19. The molecule has 0 spiro atoms. The maximum Gasteiger partial charge on any atom is 0.326 e.